The fourth-order valence-corrected chi connectivity index (χ4v) is 2.74. The van der Waals surface area contributed by atoms with Gasteiger partial charge < -0.3 is 19.2 Å². The van der Waals surface area contributed by atoms with Gasteiger partial charge >= 0.3 is 0 Å². The summed E-state index contributed by atoms with van der Waals surface area (Å²) in [4.78, 5) is 11.2. The molecule has 1 aromatic heterocycles. The molecule has 1 N–H and O–H groups in total. The van der Waals surface area contributed by atoms with Crippen LogP contribution in [0, 0.1) is 0 Å². The largest absolute Gasteiger partial charge is 0.494 e. The Balaban J connectivity index is 1.67. The lowest BCUT2D eigenvalue weighted by Crippen LogP contribution is -2.23. The third kappa shape index (κ3) is 4.36. The van der Waals surface area contributed by atoms with E-state index in [1.54, 1.807) is 0 Å². The van der Waals surface area contributed by atoms with Crippen molar-refractivity contribution in [2.24, 2.45) is 0 Å². The molecule has 0 saturated carbocycles. The zero-order chi connectivity index (χ0) is 18.5. The van der Waals surface area contributed by atoms with E-state index in [-0.39, 0.29) is 11.9 Å². The van der Waals surface area contributed by atoms with Crippen LogP contribution in [0.2, 0.25) is 0 Å². The minimum Gasteiger partial charge on any atom is -0.494 e. The Hall–Kier alpha value is -2.95. The first-order valence-corrected chi connectivity index (χ1v) is 8.70. The average molecular weight is 353 g/mol. The van der Waals surface area contributed by atoms with E-state index in [4.69, 9.17) is 13.9 Å². The van der Waals surface area contributed by atoms with Crippen molar-refractivity contribution >= 4 is 16.9 Å². The van der Waals surface area contributed by atoms with Crippen molar-refractivity contribution in [2.45, 2.75) is 33.4 Å². The van der Waals surface area contributed by atoms with Gasteiger partial charge in [0.05, 0.1) is 12.6 Å². The van der Waals surface area contributed by atoms with E-state index in [0.29, 0.717) is 13.2 Å². The summed E-state index contributed by atoms with van der Waals surface area (Å²) in [6.45, 7) is 6.48. The predicted octanol–water partition coefficient (Wildman–Crippen LogP) is 4.61. The number of carbonyl (C=O) groups is 1. The van der Waals surface area contributed by atoms with E-state index >= 15 is 0 Å². The van der Waals surface area contributed by atoms with Gasteiger partial charge in [0.15, 0.2) is 0 Å². The number of rotatable bonds is 7. The SMILES string of the molecule is CCOc1ccc(COc2ccc3oc(C(C)NC(C)=O)cc3c2)cc1. The molecule has 1 unspecified atom stereocenters. The molecule has 0 aliphatic heterocycles. The van der Waals surface area contributed by atoms with Crippen molar-refractivity contribution in [2.75, 3.05) is 6.61 Å². The molecular weight excluding hydrogens is 330 g/mol. The third-order valence-electron chi connectivity index (χ3n) is 3.99. The van der Waals surface area contributed by atoms with Crippen LogP contribution >= 0.6 is 0 Å². The van der Waals surface area contributed by atoms with Gasteiger partial charge in [-0.2, -0.15) is 0 Å². The molecule has 5 nitrogen and oxygen atoms in total. The van der Waals surface area contributed by atoms with Gasteiger partial charge in [-0.1, -0.05) is 12.1 Å². The lowest BCUT2D eigenvalue weighted by atomic mass is 10.2. The Morgan fingerprint density at radius 2 is 1.81 bits per heavy atom. The summed E-state index contributed by atoms with van der Waals surface area (Å²) < 4.78 is 17.1. The van der Waals surface area contributed by atoms with E-state index < -0.39 is 0 Å². The van der Waals surface area contributed by atoms with E-state index in [2.05, 4.69) is 5.32 Å². The van der Waals surface area contributed by atoms with Crippen LogP contribution in [0.4, 0.5) is 0 Å². The van der Waals surface area contributed by atoms with E-state index in [0.717, 1.165) is 33.8 Å². The van der Waals surface area contributed by atoms with Crippen molar-refractivity contribution in [1.29, 1.82) is 0 Å². The van der Waals surface area contributed by atoms with Gasteiger partial charge in [0.25, 0.3) is 0 Å². The Bertz CT molecular complexity index is 883. The lowest BCUT2D eigenvalue weighted by molar-refractivity contribution is -0.119. The fourth-order valence-electron chi connectivity index (χ4n) is 2.74. The Kier molecular flexibility index (Phi) is 5.46. The number of amides is 1. The first-order valence-electron chi connectivity index (χ1n) is 8.70. The molecule has 5 heteroatoms. The topological polar surface area (TPSA) is 60.7 Å². The summed E-state index contributed by atoms with van der Waals surface area (Å²) >= 11 is 0. The zero-order valence-electron chi connectivity index (χ0n) is 15.2. The second kappa shape index (κ2) is 7.95. The van der Waals surface area contributed by atoms with Crippen LogP contribution in [0.3, 0.4) is 0 Å². The number of nitrogens with one attached hydrogen (secondary N) is 1. The van der Waals surface area contributed by atoms with Crippen molar-refractivity contribution in [3.8, 4) is 11.5 Å². The quantitative estimate of drug-likeness (QED) is 0.674. The number of hydrogen-bond acceptors (Lipinski definition) is 4. The molecule has 0 fully saturated rings. The molecule has 0 saturated heterocycles. The molecule has 1 atom stereocenters. The van der Waals surface area contributed by atoms with Gasteiger partial charge in [0.1, 0.15) is 29.4 Å². The van der Waals surface area contributed by atoms with E-state index in [1.165, 1.54) is 6.92 Å². The highest BCUT2D eigenvalue weighted by Gasteiger charge is 2.13. The molecule has 0 bridgehead atoms. The summed E-state index contributed by atoms with van der Waals surface area (Å²) in [5, 5.41) is 3.77. The third-order valence-corrected chi connectivity index (χ3v) is 3.99. The van der Waals surface area contributed by atoms with Gasteiger partial charge in [-0.05, 0) is 55.8 Å². The van der Waals surface area contributed by atoms with Gasteiger partial charge in [-0.15, -0.1) is 0 Å². The standard InChI is InChI=1S/C21H23NO4/c1-4-24-18-7-5-16(6-8-18)13-25-19-9-10-20-17(11-19)12-21(26-20)14(2)22-15(3)23/h5-12,14H,4,13H2,1-3H3,(H,22,23). The highest BCUT2D eigenvalue weighted by atomic mass is 16.5. The second-order valence-electron chi connectivity index (χ2n) is 6.14. The van der Waals surface area contributed by atoms with Crippen LogP contribution in [0.5, 0.6) is 11.5 Å². The minimum atomic E-state index is -0.173. The highest BCUT2D eigenvalue weighted by molar-refractivity contribution is 5.80. The van der Waals surface area contributed by atoms with Gasteiger partial charge in [0, 0.05) is 12.3 Å². The molecule has 1 amide bonds. The molecule has 0 aliphatic rings. The molecule has 3 rings (SSSR count). The van der Waals surface area contributed by atoms with E-state index in [9.17, 15) is 4.79 Å². The summed E-state index contributed by atoms with van der Waals surface area (Å²) in [5.74, 6) is 2.26. The molecule has 2 aromatic carbocycles. The molecule has 0 radical (unpaired) electrons. The summed E-state index contributed by atoms with van der Waals surface area (Å²) in [5.41, 5.74) is 1.84. The maximum atomic E-state index is 11.2. The normalized spacial score (nSPS) is 12.0. The van der Waals surface area contributed by atoms with E-state index in [1.807, 2.05) is 62.4 Å². The zero-order valence-corrected chi connectivity index (χ0v) is 15.2. The predicted molar refractivity (Wildman–Crippen MR) is 100 cm³/mol. The number of furan rings is 1. The molecule has 0 spiro atoms. The first-order chi connectivity index (χ1) is 12.5. The molecule has 1 heterocycles. The minimum absolute atomic E-state index is 0.0858. The number of ether oxygens (including phenoxy) is 2. The first kappa shape index (κ1) is 17.9. The Morgan fingerprint density at radius 3 is 2.50 bits per heavy atom. The smallest absolute Gasteiger partial charge is 0.217 e. The number of benzene rings is 2. The molecule has 3 aromatic rings. The summed E-state index contributed by atoms with van der Waals surface area (Å²) in [6, 6.07) is 15.3. The molecular formula is C21H23NO4. The number of carbonyl (C=O) groups excluding carboxylic acids is 1. The highest BCUT2D eigenvalue weighted by Crippen LogP contribution is 2.27. The van der Waals surface area contributed by atoms with Crippen molar-refractivity contribution in [1.82, 2.24) is 5.32 Å². The van der Waals surface area contributed by atoms with Crippen molar-refractivity contribution in [3.05, 3.63) is 59.9 Å². The van der Waals surface area contributed by atoms with Crippen LogP contribution in [0.15, 0.2) is 52.9 Å². The summed E-state index contributed by atoms with van der Waals surface area (Å²) in [7, 11) is 0. The molecule has 0 aliphatic carbocycles. The van der Waals surface area contributed by atoms with Crippen LogP contribution in [-0.4, -0.2) is 12.5 Å². The second-order valence-corrected chi connectivity index (χ2v) is 6.14. The Labute approximate surface area is 152 Å². The molecule has 136 valence electrons. The fraction of sp³-hybridized carbons (Fsp3) is 0.286. The number of hydrogen-bond donors (Lipinski definition) is 1. The maximum absolute atomic E-state index is 11.2. The van der Waals surface area contributed by atoms with Crippen LogP contribution in [0.1, 0.15) is 38.1 Å². The Morgan fingerprint density at radius 1 is 1.08 bits per heavy atom. The maximum Gasteiger partial charge on any atom is 0.217 e. The van der Waals surface area contributed by atoms with Crippen molar-refractivity contribution < 1.29 is 18.7 Å². The van der Waals surface area contributed by atoms with Crippen LogP contribution < -0.4 is 14.8 Å². The average Bonchev–Trinajstić information content (AvgIpc) is 3.04. The molecule has 26 heavy (non-hydrogen) atoms. The lowest BCUT2D eigenvalue weighted by Gasteiger charge is -2.08. The van der Waals surface area contributed by atoms with Crippen molar-refractivity contribution in [3.63, 3.8) is 0 Å². The summed E-state index contributed by atoms with van der Waals surface area (Å²) in [6.07, 6.45) is 0. The van der Waals surface area contributed by atoms with Gasteiger partial charge in [-0.25, -0.2) is 0 Å². The van der Waals surface area contributed by atoms with Gasteiger partial charge in [0.2, 0.25) is 5.91 Å². The number of fused-ring (bicyclic) bond motifs is 1. The van der Waals surface area contributed by atoms with Crippen LogP contribution in [0.25, 0.3) is 11.0 Å². The van der Waals surface area contributed by atoms with Gasteiger partial charge in [-0.3, -0.25) is 4.79 Å². The monoisotopic (exact) mass is 353 g/mol. The van der Waals surface area contributed by atoms with Crippen LogP contribution in [-0.2, 0) is 11.4 Å².